The van der Waals surface area contributed by atoms with Crippen LogP contribution in [0.5, 0.6) is 0 Å². The van der Waals surface area contributed by atoms with E-state index < -0.39 is 39.4 Å². The summed E-state index contributed by atoms with van der Waals surface area (Å²) in [5, 5.41) is 6.62. The van der Waals surface area contributed by atoms with Gasteiger partial charge in [-0.1, -0.05) is 12.1 Å². The number of nitrogens with two attached hydrogens (primary N) is 1. The number of carbonyl (C=O) groups excluding carboxylic acids is 2. The molecule has 0 amide bonds. The summed E-state index contributed by atoms with van der Waals surface area (Å²) < 4.78 is 65.9. The van der Waals surface area contributed by atoms with Gasteiger partial charge in [-0.2, -0.15) is 22.2 Å². The number of fused-ring (bicyclic) bond motifs is 2. The molecule has 2 aliphatic rings. The number of Topliss-reactive ketones (excluding diaryl/α,β-unsaturated/α-hetero) is 1. The molecule has 0 radical (unpaired) electrons. The van der Waals surface area contributed by atoms with Crippen LogP contribution in [0.2, 0.25) is 0 Å². The number of anilines is 2. The Bertz CT molecular complexity index is 1220. The van der Waals surface area contributed by atoms with E-state index in [2.05, 4.69) is 10.4 Å². The molecule has 3 heterocycles. The summed E-state index contributed by atoms with van der Waals surface area (Å²) in [5.41, 5.74) is 5.50. The summed E-state index contributed by atoms with van der Waals surface area (Å²) in [6.45, 7) is 0.0508. The van der Waals surface area contributed by atoms with E-state index in [4.69, 9.17) is 5.73 Å². The fourth-order valence-corrected chi connectivity index (χ4v) is 4.97. The number of benzene rings is 1. The molecular weight excluding hydrogens is 451 g/mol. The summed E-state index contributed by atoms with van der Waals surface area (Å²) in [5.74, 6) is -3.09. The van der Waals surface area contributed by atoms with Crippen LogP contribution < -0.4 is 11.1 Å². The summed E-state index contributed by atoms with van der Waals surface area (Å²) in [7, 11) is -3.56. The maximum atomic E-state index is 13.4. The number of halogens is 3. The minimum atomic E-state index is -4.63. The molecule has 1 aromatic heterocycles. The van der Waals surface area contributed by atoms with Crippen molar-refractivity contribution in [2.45, 2.75) is 31.5 Å². The first kappa shape index (κ1) is 22.3. The molecule has 3 N–H and O–H groups in total. The van der Waals surface area contributed by atoms with Crippen molar-refractivity contribution in [1.29, 1.82) is 0 Å². The molecule has 172 valence electrons. The smallest absolute Gasteiger partial charge is 0.384 e. The molecule has 0 fully saturated rings. The minimum Gasteiger partial charge on any atom is -0.384 e. The van der Waals surface area contributed by atoms with E-state index in [0.717, 1.165) is 21.3 Å². The van der Waals surface area contributed by atoms with Crippen LogP contribution in [0.15, 0.2) is 18.2 Å². The average Bonchev–Trinajstić information content (AvgIpc) is 3.06. The first-order chi connectivity index (χ1) is 14.9. The lowest BCUT2D eigenvalue weighted by atomic mass is 9.85. The molecule has 0 saturated heterocycles. The van der Waals surface area contributed by atoms with Crippen molar-refractivity contribution in [3.8, 4) is 0 Å². The Hall–Kier alpha value is -2.93. The molecule has 2 aliphatic heterocycles. The number of ketones is 1. The molecule has 2 aromatic rings. The van der Waals surface area contributed by atoms with Crippen molar-refractivity contribution in [1.82, 2.24) is 14.1 Å². The maximum Gasteiger partial charge on any atom is 0.418 e. The number of rotatable bonds is 3. The van der Waals surface area contributed by atoms with Gasteiger partial charge in [-0.05, 0) is 24.5 Å². The zero-order valence-corrected chi connectivity index (χ0v) is 17.8. The lowest BCUT2D eigenvalue weighted by Gasteiger charge is -2.28. The van der Waals surface area contributed by atoms with E-state index >= 15 is 0 Å². The third-order valence-corrected chi connectivity index (χ3v) is 7.01. The molecule has 13 heteroatoms. The Morgan fingerprint density at radius 1 is 1.28 bits per heavy atom. The summed E-state index contributed by atoms with van der Waals surface area (Å²) in [6.07, 6.45) is -3.26. The Morgan fingerprint density at radius 3 is 2.66 bits per heavy atom. The molecule has 0 spiro atoms. The zero-order chi connectivity index (χ0) is 23.4. The van der Waals surface area contributed by atoms with Crippen LogP contribution in [-0.4, -0.2) is 53.5 Å². The first-order valence-electron chi connectivity index (χ1n) is 9.73. The summed E-state index contributed by atoms with van der Waals surface area (Å²) >= 11 is 0. The van der Waals surface area contributed by atoms with Crippen molar-refractivity contribution >= 4 is 33.2 Å². The van der Waals surface area contributed by atoms with Gasteiger partial charge in [0.15, 0.2) is 0 Å². The van der Waals surface area contributed by atoms with Gasteiger partial charge in [0.1, 0.15) is 5.82 Å². The van der Waals surface area contributed by atoms with Gasteiger partial charge in [0, 0.05) is 18.7 Å². The number of carbonyl (C=O) groups is 2. The summed E-state index contributed by atoms with van der Waals surface area (Å²) in [6, 6.07) is 3.48. The number of nitrogens with zero attached hydrogens (tertiary/aromatic N) is 3. The SMILES string of the molecule is CS(=O)(=O)N1CCc2c(N)nn(C(=O)C(=O)C3CCNc4c3cccc4C(F)(F)F)c2C1. The minimum absolute atomic E-state index is 0.0133. The fraction of sp³-hybridized carbons (Fsp3) is 0.421. The lowest BCUT2D eigenvalue weighted by molar-refractivity contribution is -0.137. The molecular formula is C19H20F3N5O4S. The Kier molecular flexibility index (Phi) is 5.28. The van der Waals surface area contributed by atoms with Crippen molar-refractivity contribution in [3.05, 3.63) is 40.6 Å². The van der Waals surface area contributed by atoms with E-state index in [1.807, 2.05) is 0 Å². The molecule has 1 aromatic carbocycles. The van der Waals surface area contributed by atoms with Gasteiger partial charge < -0.3 is 11.1 Å². The van der Waals surface area contributed by atoms with Crippen molar-refractivity contribution in [2.75, 3.05) is 30.4 Å². The van der Waals surface area contributed by atoms with E-state index in [0.29, 0.717) is 5.56 Å². The van der Waals surface area contributed by atoms with Crippen molar-refractivity contribution in [3.63, 3.8) is 0 Å². The standard InChI is InChI=1S/C19H20F3N5O4S/c1-32(30,31)26-8-6-12-14(9-26)27(25-17(12)23)18(29)16(28)11-5-7-24-15-10(11)3-2-4-13(15)19(20,21)22/h2-4,11,24H,5-9H2,1H3,(H2,23,25). The molecule has 0 saturated carbocycles. The fourth-order valence-electron chi connectivity index (χ4n) is 4.19. The third kappa shape index (κ3) is 3.75. The Morgan fingerprint density at radius 2 is 2.00 bits per heavy atom. The van der Waals surface area contributed by atoms with E-state index in [1.54, 1.807) is 0 Å². The predicted molar refractivity (Wildman–Crippen MR) is 109 cm³/mol. The van der Waals surface area contributed by atoms with Crippen LogP contribution in [0.1, 0.15) is 39.5 Å². The first-order valence-corrected chi connectivity index (χ1v) is 11.6. The molecule has 0 bridgehead atoms. The number of nitrogens with one attached hydrogen (secondary N) is 1. The quantitative estimate of drug-likeness (QED) is 0.651. The van der Waals surface area contributed by atoms with Crippen LogP contribution in [0.3, 0.4) is 0 Å². The van der Waals surface area contributed by atoms with Gasteiger partial charge in [-0.25, -0.2) is 8.42 Å². The van der Waals surface area contributed by atoms with E-state index in [1.165, 1.54) is 12.1 Å². The number of hydrogen-bond donors (Lipinski definition) is 2. The molecule has 1 unspecified atom stereocenters. The monoisotopic (exact) mass is 471 g/mol. The van der Waals surface area contributed by atoms with Crippen LogP contribution in [-0.2, 0) is 34.0 Å². The van der Waals surface area contributed by atoms with Crippen LogP contribution in [0.4, 0.5) is 24.7 Å². The molecule has 0 aliphatic carbocycles. The number of aromatic nitrogens is 2. The molecule has 1 atom stereocenters. The van der Waals surface area contributed by atoms with Crippen LogP contribution in [0.25, 0.3) is 0 Å². The van der Waals surface area contributed by atoms with Gasteiger partial charge in [-0.15, -0.1) is 5.10 Å². The number of nitrogen functional groups attached to an aromatic ring is 1. The highest BCUT2D eigenvalue weighted by atomic mass is 32.2. The summed E-state index contributed by atoms with van der Waals surface area (Å²) in [4.78, 5) is 26.2. The second-order valence-corrected chi connectivity index (χ2v) is 9.76. The highest BCUT2D eigenvalue weighted by molar-refractivity contribution is 7.88. The number of alkyl halides is 3. The average molecular weight is 471 g/mol. The number of sulfonamides is 1. The number of para-hydroxylation sites is 1. The zero-order valence-electron chi connectivity index (χ0n) is 16.9. The normalized spacial score (nSPS) is 19.1. The van der Waals surface area contributed by atoms with Crippen molar-refractivity contribution < 1.29 is 31.2 Å². The van der Waals surface area contributed by atoms with Crippen molar-refractivity contribution in [2.24, 2.45) is 0 Å². The topological polar surface area (TPSA) is 127 Å². The van der Waals surface area contributed by atoms with E-state index in [9.17, 15) is 31.2 Å². The Labute approximate surface area is 181 Å². The van der Waals surface area contributed by atoms with Crippen LogP contribution in [0, 0.1) is 0 Å². The maximum absolute atomic E-state index is 13.4. The molecule has 32 heavy (non-hydrogen) atoms. The van der Waals surface area contributed by atoms with Gasteiger partial charge in [0.2, 0.25) is 15.8 Å². The predicted octanol–water partition coefficient (Wildman–Crippen LogP) is 1.61. The second kappa shape index (κ2) is 7.59. The van der Waals surface area contributed by atoms with Crippen LogP contribution >= 0.6 is 0 Å². The highest BCUT2D eigenvalue weighted by Crippen LogP contribution is 2.42. The lowest BCUT2D eigenvalue weighted by Crippen LogP contribution is -2.38. The van der Waals surface area contributed by atoms with E-state index in [-0.39, 0.29) is 55.2 Å². The second-order valence-electron chi connectivity index (χ2n) is 7.77. The molecule has 4 rings (SSSR count). The third-order valence-electron chi connectivity index (χ3n) is 5.76. The van der Waals surface area contributed by atoms with Gasteiger partial charge in [0.05, 0.1) is 35.7 Å². The van der Waals surface area contributed by atoms with Gasteiger partial charge >= 0.3 is 12.1 Å². The number of hydrogen-bond acceptors (Lipinski definition) is 7. The largest absolute Gasteiger partial charge is 0.418 e. The van der Waals surface area contributed by atoms with Gasteiger partial charge in [-0.3, -0.25) is 9.59 Å². The highest BCUT2D eigenvalue weighted by Gasteiger charge is 2.40. The van der Waals surface area contributed by atoms with Gasteiger partial charge in [0.25, 0.3) is 0 Å². The Balaban J connectivity index is 1.70. The molecule has 9 nitrogen and oxygen atoms in total.